The van der Waals surface area contributed by atoms with Gasteiger partial charge in [-0.15, -0.1) is 0 Å². The second kappa shape index (κ2) is 8.60. The SMILES string of the molecule is Fc1ccccc1N1CCN(C(=S)NCCN2CCOCC2)CC1. The molecule has 2 saturated heterocycles. The van der Waals surface area contributed by atoms with Crippen molar-refractivity contribution in [2.24, 2.45) is 0 Å². The summed E-state index contributed by atoms with van der Waals surface area (Å²) < 4.78 is 19.2. The summed E-state index contributed by atoms with van der Waals surface area (Å²) in [6.07, 6.45) is 0. The molecule has 7 heteroatoms. The van der Waals surface area contributed by atoms with E-state index in [0.29, 0.717) is 5.69 Å². The molecule has 0 amide bonds. The number of hydrogen-bond acceptors (Lipinski definition) is 4. The largest absolute Gasteiger partial charge is 0.379 e. The minimum atomic E-state index is -0.155. The minimum absolute atomic E-state index is 0.155. The van der Waals surface area contributed by atoms with Gasteiger partial charge in [0.1, 0.15) is 5.82 Å². The number of hydrogen-bond donors (Lipinski definition) is 1. The highest BCUT2D eigenvalue weighted by atomic mass is 32.1. The quantitative estimate of drug-likeness (QED) is 0.819. The molecule has 2 aliphatic rings. The number of piperazine rings is 1. The van der Waals surface area contributed by atoms with Crippen LogP contribution in [0.3, 0.4) is 0 Å². The van der Waals surface area contributed by atoms with Gasteiger partial charge in [0.05, 0.1) is 18.9 Å². The molecule has 0 radical (unpaired) electrons. The fourth-order valence-corrected chi connectivity index (χ4v) is 3.40. The van der Waals surface area contributed by atoms with Crippen LogP contribution in [0.2, 0.25) is 0 Å². The highest BCUT2D eigenvalue weighted by molar-refractivity contribution is 7.80. The zero-order valence-corrected chi connectivity index (χ0v) is 14.7. The molecule has 5 nitrogen and oxygen atoms in total. The van der Waals surface area contributed by atoms with Gasteiger partial charge >= 0.3 is 0 Å². The van der Waals surface area contributed by atoms with E-state index in [-0.39, 0.29) is 5.82 Å². The molecular weight excluding hydrogens is 327 g/mol. The first-order valence-corrected chi connectivity index (χ1v) is 8.97. The summed E-state index contributed by atoms with van der Waals surface area (Å²) in [4.78, 5) is 6.64. The Morgan fingerprint density at radius 1 is 1.08 bits per heavy atom. The Balaban J connectivity index is 1.39. The molecule has 0 spiro atoms. The van der Waals surface area contributed by atoms with Gasteiger partial charge in [-0.25, -0.2) is 4.39 Å². The molecule has 3 rings (SSSR count). The fourth-order valence-electron chi connectivity index (χ4n) is 3.12. The molecule has 2 fully saturated rings. The molecule has 2 aliphatic heterocycles. The molecular formula is C17H25FN4OS. The molecule has 0 saturated carbocycles. The van der Waals surface area contributed by atoms with Gasteiger partial charge < -0.3 is 19.9 Å². The third-order valence-corrected chi connectivity index (χ3v) is 4.97. The Kier molecular flexibility index (Phi) is 6.23. The van der Waals surface area contributed by atoms with Crippen molar-refractivity contribution in [2.45, 2.75) is 0 Å². The fraction of sp³-hybridized carbons (Fsp3) is 0.588. The molecule has 0 unspecified atom stereocenters. The van der Waals surface area contributed by atoms with Crippen LogP contribution in [0.15, 0.2) is 24.3 Å². The van der Waals surface area contributed by atoms with Crippen LogP contribution in [-0.4, -0.2) is 80.5 Å². The first-order valence-electron chi connectivity index (χ1n) is 8.56. The number of nitrogens with zero attached hydrogens (tertiary/aromatic N) is 3. The number of para-hydroxylation sites is 1. The number of morpholine rings is 1. The smallest absolute Gasteiger partial charge is 0.169 e. The Labute approximate surface area is 148 Å². The van der Waals surface area contributed by atoms with Crippen molar-refractivity contribution in [3.63, 3.8) is 0 Å². The third-order valence-electron chi connectivity index (χ3n) is 4.57. The molecule has 0 aliphatic carbocycles. The van der Waals surface area contributed by atoms with Crippen molar-refractivity contribution < 1.29 is 9.13 Å². The van der Waals surface area contributed by atoms with E-state index >= 15 is 0 Å². The number of anilines is 1. The predicted molar refractivity (Wildman–Crippen MR) is 98.0 cm³/mol. The molecule has 0 aromatic heterocycles. The van der Waals surface area contributed by atoms with Crippen LogP contribution in [0.25, 0.3) is 0 Å². The van der Waals surface area contributed by atoms with Crippen LogP contribution >= 0.6 is 12.2 Å². The van der Waals surface area contributed by atoms with Crippen molar-refractivity contribution in [3.8, 4) is 0 Å². The summed E-state index contributed by atoms with van der Waals surface area (Å²) >= 11 is 5.50. The monoisotopic (exact) mass is 352 g/mol. The normalized spacial score (nSPS) is 19.4. The first kappa shape index (κ1) is 17.4. The van der Waals surface area contributed by atoms with Gasteiger partial charge in [0.25, 0.3) is 0 Å². The molecule has 132 valence electrons. The third kappa shape index (κ3) is 4.55. The molecule has 0 bridgehead atoms. The number of nitrogens with one attached hydrogen (secondary N) is 1. The van der Waals surface area contributed by atoms with E-state index in [1.54, 1.807) is 6.07 Å². The Morgan fingerprint density at radius 2 is 1.79 bits per heavy atom. The Bertz CT molecular complexity index is 545. The average molecular weight is 352 g/mol. The van der Waals surface area contributed by atoms with Gasteiger partial charge in [-0.1, -0.05) is 12.1 Å². The predicted octanol–water partition coefficient (Wildman–Crippen LogP) is 1.15. The number of benzene rings is 1. The lowest BCUT2D eigenvalue weighted by atomic mass is 10.2. The Morgan fingerprint density at radius 3 is 2.50 bits per heavy atom. The van der Waals surface area contributed by atoms with E-state index in [2.05, 4.69) is 20.0 Å². The van der Waals surface area contributed by atoms with E-state index in [4.69, 9.17) is 17.0 Å². The van der Waals surface area contributed by atoms with E-state index in [1.165, 1.54) is 6.07 Å². The van der Waals surface area contributed by atoms with Gasteiger partial charge in [0, 0.05) is 52.4 Å². The first-order chi connectivity index (χ1) is 11.7. The Hall–Kier alpha value is -1.44. The summed E-state index contributed by atoms with van der Waals surface area (Å²) in [5.41, 5.74) is 0.684. The maximum absolute atomic E-state index is 13.9. The second-order valence-corrected chi connectivity index (χ2v) is 6.50. The van der Waals surface area contributed by atoms with E-state index in [0.717, 1.165) is 70.7 Å². The maximum Gasteiger partial charge on any atom is 0.169 e. The van der Waals surface area contributed by atoms with Crippen molar-refractivity contribution in [2.75, 3.05) is 70.5 Å². The molecule has 0 atom stereocenters. The highest BCUT2D eigenvalue weighted by Crippen LogP contribution is 2.20. The van der Waals surface area contributed by atoms with E-state index in [1.807, 2.05) is 12.1 Å². The number of thiocarbonyl (C=S) groups is 1. The number of ether oxygens (including phenoxy) is 1. The zero-order valence-electron chi connectivity index (χ0n) is 13.9. The van der Waals surface area contributed by atoms with Gasteiger partial charge in [-0.2, -0.15) is 0 Å². The van der Waals surface area contributed by atoms with Crippen LogP contribution in [0.4, 0.5) is 10.1 Å². The van der Waals surface area contributed by atoms with Crippen LogP contribution in [-0.2, 0) is 4.74 Å². The summed E-state index contributed by atoms with van der Waals surface area (Å²) in [6, 6.07) is 6.95. The van der Waals surface area contributed by atoms with Crippen molar-refractivity contribution in [1.82, 2.24) is 15.1 Å². The topological polar surface area (TPSA) is 31.0 Å². The molecule has 2 heterocycles. The molecule has 1 N–H and O–H groups in total. The van der Waals surface area contributed by atoms with Crippen molar-refractivity contribution >= 4 is 23.0 Å². The lowest BCUT2D eigenvalue weighted by Gasteiger charge is -2.37. The summed E-state index contributed by atoms with van der Waals surface area (Å²) in [7, 11) is 0. The summed E-state index contributed by atoms with van der Waals surface area (Å²) in [6.45, 7) is 8.68. The number of halogens is 1. The maximum atomic E-state index is 13.9. The zero-order chi connectivity index (χ0) is 16.8. The van der Waals surface area contributed by atoms with Crippen LogP contribution in [0.5, 0.6) is 0 Å². The van der Waals surface area contributed by atoms with E-state index < -0.39 is 0 Å². The van der Waals surface area contributed by atoms with E-state index in [9.17, 15) is 4.39 Å². The second-order valence-electron chi connectivity index (χ2n) is 6.11. The van der Waals surface area contributed by atoms with Crippen LogP contribution < -0.4 is 10.2 Å². The lowest BCUT2D eigenvalue weighted by Crippen LogP contribution is -2.53. The summed E-state index contributed by atoms with van der Waals surface area (Å²) in [5, 5.41) is 4.15. The van der Waals surface area contributed by atoms with Crippen molar-refractivity contribution in [3.05, 3.63) is 30.1 Å². The lowest BCUT2D eigenvalue weighted by molar-refractivity contribution is 0.0388. The molecule has 24 heavy (non-hydrogen) atoms. The van der Waals surface area contributed by atoms with Gasteiger partial charge in [-0.3, -0.25) is 4.90 Å². The van der Waals surface area contributed by atoms with Gasteiger partial charge in [0.15, 0.2) is 5.11 Å². The standard InChI is InChI=1S/C17H25FN4OS/c18-15-3-1-2-4-16(15)21-7-9-22(10-8-21)17(24)19-5-6-20-11-13-23-14-12-20/h1-4H,5-14H2,(H,19,24). The van der Waals surface area contributed by atoms with Crippen molar-refractivity contribution in [1.29, 1.82) is 0 Å². The molecule has 1 aromatic carbocycles. The number of rotatable bonds is 4. The van der Waals surface area contributed by atoms with Gasteiger partial charge in [-0.05, 0) is 24.4 Å². The highest BCUT2D eigenvalue weighted by Gasteiger charge is 2.20. The average Bonchev–Trinajstić information content (AvgIpc) is 2.63. The molecule has 1 aromatic rings. The summed E-state index contributed by atoms with van der Waals surface area (Å²) in [5.74, 6) is -0.155. The van der Waals surface area contributed by atoms with Gasteiger partial charge in [0.2, 0.25) is 0 Å². The van der Waals surface area contributed by atoms with Crippen LogP contribution in [0, 0.1) is 5.82 Å². The van der Waals surface area contributed by atoms with Crippen LogP contribution in [0.1, 0.15) is 0 Å². The minimum Gasteiger partial charge on any atom is -0.379 e.